The number of hydrogen-bond acceptors (Lipinski definition) is 7. The Morgan fingerprint density at radius 3 is 2.59 bits per heavy atom. The summed E-state index contributed by atoms with van der Waals surface area (Å²) in [4.78, 5) is 13.4. The van der Waals surface area contributed by atoms with E-state index in [4.69, 9.17) is 33.4 Å². The van der Waals surface area contributed by atoms with Crippen LogP contribution in [0.2, 0.25) is 10.0 Å². The lowest BCUT2D eigenvalue weighted by Crippen LogP contribution is -2.16. The number of aromatic nitrogens is 3. The predicted octanol–water partition coefficient (Wildman–Crippen LogP) is 6.12. The van der Waals surface area contributed by atoms with E-state index in [1.807, 2.05) is 25.3 Å². The van der Waals surface area contributed by atoms with Gasteiger partial charge in [-0.2, -0.15) is 5.26 Å². The van der Waals surface area contributed by atoms with E-state index in [-0.39, 0.29) is 0 Å². The fourth-order valence-electron chi connectivity index (χ4n) is 2.89. The lowest BCUT2D eigenvalue weighted by atomic mass is 10.1. The number of allylic oxidation sites excluding steroid dienone is 1. The lowest BCUT2D eigenvalue weighted by Gasteiger charge is -2.15. The molecule has 34 heavy (non-hydrogen) atoms. The van der Waals surface area contributed by atoms with E-state index in [9.17, 15) is 0 Å². The highest BCUT2D eigenvalue weighted by atomic mass is 35.5. The van der Waals surface area contributed by atoms with Crippen molar-refractivity contribution in [2.75, 3.05) is 23.7 Å². The topological polar surface area (TPSA) is 98.6 Å². The van der Waals surface area contributed by atoms with Gasteiger partial charge in [-0.05, 0) is 49.9 Å². The number of benzene rings is 1. The van der Waals surface area contributed by atoms with E-state index in [2.05, 4.69) is 39.4 Å². The van der Waals surface area contributed by atoms with Gasteiger partial charge in [-0.1, -0.05) is 42.3 Å². The van der Waals surface area contributed by atoms with Crippen molar-refractivity contribution < 1.29 is 0 Å². The summed E-state index contributed by atoms with van der Waals surface area (Å²) in [5.74, 6) is 1.14. The molecular formula is C25H25Cl2N7. The molecule has 9 heteroatoms. The molecule has 0 radical (unpaired) electrons. The summed E-state index contributed by atoms with van der Waals surface area (Å²) in [6.45, 7) is 9.41. The molecular weight excluding hydrogens is 469 g/mol. The van der Waals surface area contributed by atoms with Crippen LogP contribution < -0.4 is 16.0 Å². The molecule has 0 aliphatic heterocycles. The van der Waals surface area contributed by atoms with Gasteiger partial charge >= 0.3 is 0 Å². The second-order valence-electron chi connectivity index (χ2n) is 7.44. The van der Waals surface area contributed by atoms with Crippen LogP contribution in [0.15, 0.2) is 61.1 Å². The molecule has 2 aromatic heterocycles. The fraction of sp³-hybridized carbons (Fsp3) is 0.200. The zero-order valence-electron chi connectivity index (χ0n) is 19.0. The van der Waals surface area contributed by atoms with Crippen LogP contribution in [-0.2, 0) is 0 Å². The summed E-state index contributed by atoms with van der Waals surface area (Å²) < 4.78 is 0. The average molecular weight is 494 g/mol. The minimum Gasteiger partial charge on any atom is -0.368 e. The molecule has 2 heterocycles. The van der Waals surface area contributed by atoms with E-state index in [1.54, 1.807) is 30.5 Å². The van der Waals surface area contributed by atoms with Crippen LogP contribution in [0.25, 0.3) is 17.0 Å². The van der Waals surface area contributed by atoms with Gasteiger partial charge in [0, 0.05) is 47.3 Å². The van der Waals surface area contributed by atoms with E-state index in [0.29, 0.717) is 51.9 Å². The predicted molar refractivity (Wildman–Crippen MR) is 140 cm³/mol. The molecule has 0 amide bonds. The first-order valence-corrected chi connectivity index (χ1v) is 11.4. The minimum atomic E-state index is 0.451. The molecule has 0 saturated carbocycles. The zero-order chi connectivity index (χ0) is 24.5. The second-order valence-corrected chi connectivity index (χ2v) is 8.29. The second kappa shape index (κ2) is 12.0. The highest BCUT2D eigenvalue weighted by Gasteiger charge is 2.15. The molecule has 0 atom stereocenters. The van der Waals surface area contributed by atoms with Crippen LogP contribution in [0.4, 0.5) is 11.8 Å². The van der Waals surface area contributed by atoms with Crippen LogP contribution in [0.3, 0.4) is 0 Å². The summed E-state index contributed by atoms with van der Waals surface area (Å²) >= 11 is 12.6. The summed E-state index contributed by atoms with van der Waals surface area (Å²) in [7, 11) is 0. The molecule has 0 fully saturated rings. The number of anilines is 2. The molecule has 0 spiro atoms. The minimum absolute atomic E-state index is 0.451. The number of pyridine rings is 1. The zero-order valence-corrected chi connectivity index (χ0v) is 20.5. The molecule has 1 aromatic carbocycles. The van der Waals surface area contributed by atoms with Gasteiger partial charge in [-0.3, -0.25) is 0 Å². The van der Waals surface area contributed by atoms with Gasteiger partial charge in [0.15, 0.2) is 0 Å². The molecule has 3 rings (SSSR count). The fourth-order valence-corrected chi connectivity index (χ4v) is 3.39. The van der Waals surface area contributed by atoms with Crippen molar-refractivity contribution in [2.24, 2.45) is 0 Å². The van der Waals surface area contributed by atoms with Gasteiger partial charge in [0.05, 0.1) is 16.3 Å². The quantitative estimate of drug-likeness (QED) is 0.292. The number of rotatable bonds is 10. The normalized spacial score (nSPS) is 11.0. The third-order valence-corrected chi connectivity index (χ3v) is 5.51. The molecule has 3 N–H and O–H groups in total. The van der Waals surface area contributed by atoms with E-state index < -0.39 is 0 Å². The Labute approximate surface area is 209 Å². The lowest BCUT2D eigenvalue weighted by molar-refractivity contribution is 1.01. The van der Waals surface area contributed by atoms with Crippen LogP contribution in [0.1, 0.15) is 31.4 Å². The number of hydrogen-bond donors (Lipinski definition) is 3. The molecule has 0 bridgehead atoms. The van der Waals surface area contributed by atoms with Gasteiger partial charge in [0.25, 0.3) is 0 Å². The molecule has 0 saturated heterocycles. The monoisotopic (exact) mass is 493 g/mol. The number of nitriles is 1. The first-order chi connectivity index (χ1) is 16.4. The SMILES string of the molecule is C=C(N/C=C(/C)CC)c1cnc(NCCNc2ccc(C#N)cn2)nc1-c1ccc(Cl)cc1Cl. The summed E-state index contributed by atoms with van der Waals surface area (Å²) in [5.41, 5.74) is 4.47. The van der Waals surface area contributed by atoms with Crippen LogP contribution >= 0.6 is 23.2 Å². The van der Waals surface area contributed by atoms with Crippen LogP contribution in [0, 0.1) is 11.3 Å². The maximum Gasteiger partial charge on any atom is 0.223 e. The average Bonchev–Trinajstić information content (AvgIpc) is 2.85. The molecule has 3 aromatic rings. The van der Waals surface area contributed by atoms with Crippen molar-refractivity contribution in [3.05, 3.63) is 82.2 Å². The Bertz CT molecular complexity index is 1230. The number of nitrogens with zero attached hydrogens (tertiary/aromatic N) is 4. The van der Waals surface area contributed by atoms with Gasteiger partial charge in [0.1, 0.15) is 11.9 Å². The summed E-state index contributed by atoms with van der Waals surface area (Å²) in [5, 5.41) is 19.5. The summed E-state index contributed by atoms with van der Waals surface area (Å²) in [6, 6.07) is 10.8. The maximum absolute atomic E-state index is 8.86. The molecule has 0 aliphatic carbocycles. The van der Waals surface area contributed by atoms with Crippen molar-refractivity contribution >= 4 is 40.7 Å². The van der Waals surface area contributed by atoms with Gasteiger partial charge < -0.3 is 16.0 Å². The molecule has 7 nitrogen and oxygen atoms in total. The maximum atomic E-state index is 8.86. The third-order valence-electron chi connectivity index (χ3n) is 4.96. The van der Waals surface area contributed by atoms with Gasteiger partial charge in [0.2, 0.25) is 5.95 Å². The first kappa shape index (κ1) is 25.0. The van der Waals surface area contributed by atoms with Crippen molar-refractivity contribution in [3.63, 3.8) is 0 Å². The van der Waals surface area contributed by atoms with E-state index in [0.717, 1.165) is 17.5 Å². The van der Waals surface area contributed by atoms with Crippen LogP contribution in [-0.4, -0.2) is 28.0 Å². The number of nitrogens with one attached hydrogen (secondary N) is 3. The van der Waals surface area contributed by atoms with Crippen molar-refractivity contribution in [2.45, 2.75) is 20.3 Å². The Morgan fingerprint density at radius 1 is 1.12 bits per heavy atom. The highest BCUT2D eigenvalue weighted by Crippen LogP contribution is 2.33. The van der Waals surface area contributed by atoms with Crippen LogP contribution in [0.5, 0.6) is 0 Å². The Morgan fingerprint density at radius 2 is 1.91 bits per heavy atom. The van der Waals surface area contributed by atoms with Crippen molar-refractivity contribution in [1.29, 1.82) is 5.26 Å². The Hall–Kier alpha value is -3.60. The molecule has 0 unspecified atom stereocenters. The highest BCUT2D eigenvalue weighted by molar-refractivity contribution is 6.36. The molecule has 0 aliphatic rings. The van der Waals surface area contributed by atoms with Gasteiger partial charge in [-0.15, -0.1) is 0 Å². The Balaban J connectivity index is 1.78. The summed E-state index contributed by atoms with van der Waals surface area (Å²) in [6.07, 6.45) is 6.10. The van der Waals surface area contributed by atoms with E-state index in [1.165, 1.54) is 11.8 Å². The van der Waals surface area contributed by atoms with Gasteiger partial charge in [-0.25, -0.2) is 15.0 Å². The molecule has 174 valence electrons. The number of halogens is 2. The van der Waals surface area contributed by atoms with E-state index >= 15 is 0 Å². The van der Waals surface area contributed by atoms with Crippen molar-refractivity contribution in [3.8, 4) is 17.3 Å². The smallest absolute Gasteiger partial charge is 0.223 e. The largest absolute Gasteiger partial charge is 0.368 e. The standard InChI is InChI=1S/C25H25Cl2N7/c1-4-16(2)13-31-17(3)21-15-33-25(34-24(21)20-7-6-19(26)11-22(20)27)30-10-9-29-23-8-5-18(12-28)14-32-23/h5-8,11,13-15,31H,3-4,9-10H2,1-2H3,(H,29,32)(H,30,33,34)/b16-13-. The van der Waals surface area contributed by atoms with Crippen molar-refractivity contribution in [1.82, 2.24) is 20.3 Å². The third kappa shape index (κ3) is 6.70. The first-order valence-electron chi connectivity index (χ1n) is 10.7. The Kier molecular flexibility index (Phi) is 8.86.